The van der Waals surface area contributed by atoms with E-state index in [2.05, 4.69) is 36.3 Å². The predicted molar refractivity (Wildman–Crippen MR) is 89.1 cm³/mol. The third-order valence-electron chi connectivity index (χ3n) is 4.52. The summed E-state index contributed by atoms with van der Waals surface area (Å²) in [5, 5.41) is 15.5. The molecule has 2 rings (SSSR count). The number of furan rings is 1. The summed E-state index contributed by atoms with van der Waals surface area (Å²) < 4.78 is 5.10. The zero-order chi connectivity index (χ0) is 16.9. The van der Waals surface area contributed by atoms with Gasteiger partial charge < -0.3 is 20.2 Å². The maximum atomic E-state index is 11.9. The SMILES string of the molecule is CC1CCCN(C(C)(C)CNC(=O)NCC(O)c2ccco2)C1. The Morgan fingerprint density at radius 2 is 2.30 bits per heavy atom. The van der Waals surface area contributed by atoms with Gasteiger partial charge in [-0.1, -0.05) is 6.92 Å². The van der Waals surface area contributed by atoms with E-state index >= 15 is 0 Å². The van der Waals surface area contributed by atoms with Crippen LogP contribution in [-0.2, 0) is 0 Å². The van der Waals surface area contributed by atoms with E-state index < -0.39 is 6.10 Å². The third kappa shape index (κ3) is 5.25. The molecule has 6 nitrogen and oxygen atoms in total. The van der Waals surface area contributed by atoms with Crippen LogP contribution in [0.4, 0.5) is 4.79 Å². The van der Waals surface area contributed by atoms with Gasteiger partial charge >= 0.3 is 6.03 Å². The highest BCUT2D eigenvalue weighted by atomic mass is 16.4. The van der Waals surface area contributed by atoms with Gasteiger partial charge in [-0.2, -0.15) is 0 Å². The highest BCUT2D eigenvalue weighted by molar-refractivity contribution is 5.73. The molecule has 23 heavy (non-hydrogen) atoms. The van der Waals surface area contributed by atoms with E-state index in [0.717, 1.165) is 13.1 Å². The molecule has 0 saturated carbocycles. The molecule has 1 fully saturated rings. The summed E-state index contributed by atoms with van der Waals surface area (Å²) in [5.41, 5.74) is -0.0777. The number of carbonyl (C=O) groups is 1. The maximum absolute atomic E-state index is 11.9. The molecule has 0 spiro atoms. The topological polar surface area (TPSA) is 77.7 Å². The second kappa shape index (κ2) is 7.84. The van der Waals surface area contributed by atoms with Gasteiger partial charge in [0.25, 0.3) is 0 Å². The Morgan fingerprint density at radius 1 is 1.52 bits per heavy atom. The van der Waals surface area contributed by atoms with Gasteiger partial charge in [0.2, 0.25) is 0 Å². The normalized spacial score (nSPS) is 21.0. The fraction of sp³-hybridized carbons (Fsp3) is 0.706. The van der Waals surface area contributed by atoms with Crippen LogP contribution in [0.1, 0.15) is 45.5 Å². The Bertz CT molecular complexity index is 487. The van der Waals surface area contributed by atoms with E-state index in [9.17, 15) is 9.90 Å². The molecule has 2 heterocycles. The fourth-order valence-electron chi connectivity index (χ4n) is 2.98. The van der Waals surface area contributed by atoms with Gasteiger partial charge in [-0.3, -0.25) is 4.90 Å². The Kier molecular flexibility index (Phi) is 6.07. The zero-order valence-electron chi connectivity index (χ0n) is 14.3. The van der Waals surface area contributed by atoms with Gasteiger partial charge in [0.1, 0.15) is 11.9 Å². The summed E-state index contributed by atoms with van der Waals surface area (Å²) >= 11 is 0. The second-order valence-electron chi connectivity index (χ2n) is 7.10. The van der Waals surface area contributed by atoms with Gasteiger partial charge in [-0.25, -0.2) is 4.79 Å². The lowest BCUT2D eigenvalue weighted by Gasteiger charge is -2.43. The lowest BCUT2D eigenvalue weighted by molar-refractivity contribution is 0.0722. The van der Waals surface area contributed by atoms with Crippen LogP contribution in [0, 0.1) is 5.92 Å². The van der Waals surface area contributed by atoms with Gasteiger partial charge in [-0.05, 0) is 51.3 Å². The van der Waals surface area contributed by atoms with Crippen LogP contribution in [0.3, 0.4) is 0 Å². The van der Waals surface area contributed by atoms with Crippen molar-refractivity contribution in [3.05, 3.63) is 24.2 Å². The number of nitrogens with zero attached hydrogens (tertiary/aromatic N) is 1. The second-order valence-corrected chi connectivity index (χ2v) is 7.10. The van der Waals surface area contributed by atoms with Crippen molar-refractivity contribution in [2.24, 2.45) is 5.92 Å². The number of amides is 2. The van der Waals surface area contributed by atoms with Crippen LogP contribution in [0.5, 0.6) is 0 Å². The van der Waals surface area contributed by atoms with Crippen molar-refractivity contribution < 1.29 is 14.3 Å². The first-order valence-corrected chi connectivity index (χ1v) is 8.36. The molecule has 0 bridgehead atoms. The van der Waals surface area contributed by atoms with E-state index in [1.807, 2.05) is 0 Å². The maximum Gasteiger partial charge on any atom is 0.314 e. The molecular weight excluding hydrogens is 294 g/mol. The molecule has 2 unspecified atom stereocenters. The molecule has 2 atom stereocenters. The number of hydrogen-bond donors (Lipinski definition) is 3. The van der Waals surface area contributed by atoms with Crippen LogP contribution < -0.4 is 10.6 Å². The summed E-state index contributed by atoms with van der Waals surface area (Å²) in [6.45, 7) is 9.44. The number of nitrogens with one attached hydrogen (secondary N) is 2. The van der Waals surface area contributed by atoms with Crippen molar-refractivity contribution in [1.29, 1.82) is 0 Å². The summed E-state index contributed by atoms with van der Waals surface area (Å²) in [6.07, 6.45) is 3.17. The van der Waals surface area contributed by atoms with Crippen LogP contribution in [0.15, 0.2) is 22.8 Å². The summed E-state index contributed by atoms with van der Waals surface area (Å²) in [6, 6.07) is 3.12. The van der Waals surface area contributed by atoms with Gasteiger partial charge in [0.15, 0.2) is 0 Å². The quantitative estimate of drug-likeness (QED) is 0.749. The third-order valence-corrected chi connectivity index (χ3v) is 4.52. The van der Waals surface area contributed by atoms with Gasteiger partial charge in [0.05, 0.1) is 12.8 Å². The van der Waals surface area contributed by atoms with E-state index in [-0.39, 0.29) is 18.1 Å². The summed E-state index contributed by atoms with van der Waals surface area (Å²) in [5.74, 6) is 1.16. The van der Waals surface area contributed by atoms with Crippen LogP contribution >= 0.6 is 0 Å². The number of aliphatic hydroxyl groups excluding tert-OH is 1. The Balaban J connectivity index is 1.72. The summed E-state index contributed by atoms with van der Waals surface area (Å²) in [7, 11) is 0. The molecule has 2 amide bonds. The average Bonchev–Trinajstić information content (AvgIpc) is 3.05. The monoisotopic (exact) mass is 323 g/mol. The summed E-state index contributed by atoms with van der Waals surface area (Å²) in [4.78, 5) is 14.4. The molecule has 0 aliphatic carbocycles. The number of hydrogen-bond acceptors (Lipinski definition) is 4. The van der Waals surface area contributed by atoms with Gasteiger partial charge in [-0.15, -0.1) is 0 Å². The molecular formula is C17H29N3O3. The lowest BCUT2D eigenvalue weighted by atomic mass is 9.93. The predicted octanol–water partition coefficient (Wildman–Crippen LogP) is 2.12. The molecule has 3 N–H and O–H groups in total. The molecule has 1 aromatic rings. The Morgan fingerprint density at radius 3 is 2.96 bits per heavy atom. The molecule has 1 aliphatic rings. The van der Waals surface area contributed by atoms with Crippen molar-refractivity contribution in [2.45, 2.75) is 45.3 Å². The minimum Gasteiger partial charge on any atom is -0.467 e. The first kappa shape index (κ1) is 17.8. The molecule has 1 aromatic heterocycles. The van der Waals surface area contributed by atoms with Gasteiger partial charge in [0, 0.05) is 18.6 Å². The zero-order valence-corrected chi connectivity index (χ0v) is 14.3. The van der Waals surface area contributed by atoms with Crippen LogP contribution in [0.2, 0.25) is 0 Å². The lowest BCUT2D eigenvalue weighted by Crippen LogP contribution is -2.55. The van der Waals surface area contributed by atoms with Crippen molar-refractivity contribution in [3.63, 3.8) is 0 Å². The minimum absolute atomic E-state index is 0.0777. The molecule has 0 aromatic carbocycles. The highest BCUT2D eigenvalue weighted by Gasteiger charge is 2.30. The smallest absolute Gasteiger partial charge is 0.314 e. The number of urea groups is 1. The number of aliphatic hydroxyl groups is 1. The van der Waals surface area contributed by atoms with Crippen molar-refractivity contribution >= 4 is 6.03 Å². The van der Waals surface area contributed by atoms with Crippen molar-refractivity contribution in [1.82, 2.24) is 15.5 Å². The highest BCUT2D eigenvalue weighted by Crippen LogP contribution is 2.23. The van der Waals surface area contributed by atoms with E-state index in [4.69, 9.17) is 4.42 Å². The average molecular weight is 323 g/mol. The molecule has 0 radical (unpaired) electrons. The first-order chi connectivity index (χ1) is 10.9. The largest absolute Gasteiger partial charge is 0.467 e. The number of piperidine rings is 1. The van der Waals surface area contributed by atoms with E-state index in [1.165, 1.54) is 19.1 Å². The fourth-order valence-corrected chi connectivity index (χ4v) is 2.98. The van der Waals surface area contributed by atoms with Crippen LogP contribution in [-0.4, -0.2) is 47.8 Å². The molecule has 1 aliphatic heterocycles. The van der Waals surface area contributed by atoms with Crippen molar-refractivity contribution in [3.8, 4) is 0 Å². The first-order valence-electron chi connectivity index (χ1n) is 8.36. The number of carbonyl (C=O) groups excluding carboxylic acids is 1. The standard InChI is InChI=1S/C17H29N3O3/c1-13-6-4-8-20(11-13)17(2,3)12-19-16(22)18-10-14(21)15-7-5-9-23-15/h5,7,9,13-14,21H,4,6,8,10-12H2,1-3H3,(H2,18,19,22). The van der Waals surface area contributed by atoms with E-state index in [0.29, 0.717) is 18.2 Å². The minimum atomic E-state index is -0.827. The molecule has 1 saturated heterocycles. The van der Waals surface area contributed by atoms with Crippen LogP contribution in [0.25, 0.3) is 0 Å². The number of likely N-dealkylation sites (tertiary alicyclic amines) is 1. The Labute approximate surface area is 138 Å². The molecule has 130 valence electrons. The molecule has 6 heteroatoms. The van der Waals surface area contributed by atoms with Crippen molar-refractivity contribution in [2.75, 3.05) is 26.2 Å². The number of rotatable bonds is 6. The Hall–Kier alpha value is -1.53. The van der Waals surface area contributed by atoms with E-state index in [1.54, 1.807) is 12.1 Å².